The molecule has 0 aliphatic rings. The largest absolute Gasteiger partial charge is 0.494 e. The number of nitrogens with one attached hydrogen (secondary N) is 1. The van der Waals surface area contributed by atoms with Crippen molar-refractivity contribution in [3.63, 3.8) is 0 Å². The molecule has 0 saturated heterocycles. The number of anilines is 1. The molecule has 0 saturated carbocycles. The molecule has 0 aliphatic carbocycles. The SMILES string of the molecule is COc1cc([N+](=O)[O-])ccc1NC(=O)[C@H](C)OC(=O)c1c(F)cccc1Cl. The highest BCUT2D eigenvalue weighted by Crippen LogP contribution is 2.29. The Labute approximate surface area is 158 Å². The topological polar surface area (TPSA) is 108 Å². The van der Waals surface area contributed by atoms with Crippen molar-refractivity contribution in [2.45, 2.75) is 13.0 Å². The van der Waals surface area contributed by atoms with Crippen LogP contribution in [0.3, 0.4) is 0 Å². The minimum atomic E-state index is -1.30. The lowest BCUT2D eigenvalue weighted by molar-refractivity contribution is -0.384. The molecule has 1 N–H and O–H groups in total. The molecule has 8 nitrogen and oxygen atoms in total. The summed E-state index contributed by atoms with van der Waals surface area (Å²) in [5, 5.41) is 13.1. The first-order valence-corrected chi connectivity index (χ1v) is 7.90. The molecule has 0 spiro atoms. The zero-order valence-electron chi connectivity index (χ0n) is 14.2. The number of amides is 1. The van der Waals surface area contributed by atoms with Gasteiger partial charge in [0.15, 0.2) is 6.10 Å². The van der Waals surface area contributed by atoms with Crippen LogP contribution in [-0.4, -0.2) is 30.0 Å². The lowest BCUT2D eigenvalue weighted by Gasteiger charge is -2.15. The van der Waals surface area contributed by atoms with Crippen molar-refractivity contribution in [1.82, 2.24) is 0 Å². The van der Waals surface area contributed by atoms with Crippen LogP contribution in [0.2, 0.25) is 5.02 Å². The van der Waals surface area contributed by atoms with E-state index in [0.717, 1.165) is 12.1 Å². The van der Waals surface area contributed by atoms with Gasteiger partial charge in [-0.15, -0.1) is 0 Å². The number of nitrogens with zero attached hydrogens (tertiary/aromatic N) is 1. The third kappa shape index (κ3) is 4.70. The number of halogens is 2. The summed E-state index contributed by atoms with van der Waals surface area (Å²) in [4.78, 5) is 34.5. The van der Waals surface area contributed by atoms with Gasteiger partial charge >= 0.3 is 5.97 Å². The summed E-state index contributed by atoms with van der Waals surface area (Å²) in [7, 11) is 1.28. The Morgan fingerprint density at radius 2 is 2.00 bits per heavy atom. The van der Waals surface area contributed by atoms with E-state index in [4.69, 9.17) is 21.1 Å². The number of nitro benzene ring substituents is 1. The molecule has 0 heterocycles. The second-order valence-corrected chi connectivity index (χ2v) is 5.68. The van der Waals surface area contributed by atoms with Crippen LogP contribution in [0.15, 0.2) is 36.4 Å². The molecule has 1 atom stereocenters. The summed E-state index contributed by atoms with van der Waals surface area (Å²) < 4.78 is 23.7. The highest BCUT2D eigenvalue weighted by Gasteiger charge is 2.24. The van der Waals surface area contributed by atoms with Gasteiger partial charge in [-0.3, -0.25) is 14.9 Å². The second-order valence-electron chi connectivity index (χ2n) is 5.28. The van der Waals surface area contributed by atoms with Gasteiger partial charge in [-0.05, 0) is 25.1 Å². The number of ether oxygens (including phenoxy) is 2. The van der Waals surface area contributed by atoms with Gasteiger partial charge in [0.25, 0.3) is 11.6 Å². The van der Waals surface area contributed by atoms with Crippen LogP contribution in [0.25, 0.3) is 0 Å². The van der Waals surface area contributed by atoms with E-state index in [0.29, 0.717) is 0 Å². The van der Waals surface area contributed by atoms with Gasteiger partial charge < -0.3 is 14.8 Å². The van der Waals surface area contributed by atoms with Crippen LogP contribution in [0, 0.1) is 15.9 Å². The number of esters is 1. The molecule has 0 unspecified atom stereocenters. The maximum atomic E-state index is 13.7. The van der Waals surface area contributed by atoms with Crippen LogP contribution >= 0.6 is 11.6 Å². The van der Waals surface area contributed by atoms with E-state index in [2.05, 4.69) is 5.32 Å². The standard InChI is InChI=1S/C17H14ClFN2O6/c1-9(27-17(23)15-11(18)4-3-5-12(15)19)16(22)20-13-7-6-10(21(24)25)8-14(13)26-2/h3-9H,1-2H3,(H,20,22)/t9-/m0/s1. The fraction of sp³-hybridized carbons (Fsp3) is 0.176. The molecule has 2 aromatic rings. The Hall–Kier alpha value is -3.20. The van der Waals surface area contributed by atoms with Crippen LogP contribution in [0.4, 0.5) is 15.8 Å². The van der Waals surface area contributed by atoms with Gasteiger partial charge in [0.2, 0.25) is 0 Å². The summed E-state index contributed by atoms with van der Waals surface area (Å²) in [6.07, 6.45) is -1.30. The predicted molar refractivity (Wildman–Crippen MR) is 94.6 cm³/mol. The zero-order valence-corrected chi connectivity index (χ0v) is 15.0. The Bertz CT molecular complexity index is 885. The number of methoxy groups -OCH3 is 1. The number of benzene rings is 2. The van der Waals surface area contributed by atoms with Crippen LogP contribution in [0.5, 0.6) is 5.75 Å². The number of rotatable bonds is 6. The normalized spacial score (nSPS) is 11.4. The molecule has 0 aliphatic heterocycles. The van der Waals surface area contributed by atoms with Gasteiger partial charge in [0.1, 0.15) is 17.1 Å². The van der Waals surface area contributed by atoms with Crippen molar-refractivity contribution in [2.24, 2.45) is 0 Å². The van der Waals surface area contributed by atoms with E-state index in [1.165, 1.54) is 38.3 Å². The van der Waals surface area contributed by atoms with Crippen molar-refractivity contribution < 1.29 is 28.4 Å². The minimum Gasteiger partial charge on any atom is -0.494 e. The third-order valence-corrected chi connectivity index (χ3v) is 3.79. The quantitative estimate of drug-likeness (QED) is 0.454. The molecular weight excluding hydrogens is 383 g/mol. The third-order valence-electron chi connectivity index (χ3n) is 3.47. The predicted octanol–water partition coefficient (Wildman–Crippen LogP) is 3.58. The molecule has 0 radical (unpaired) electrons. The fourth-order valence-electron chi connectivity index (χ4n) is 2.10. The van der Waals surface area contributed by atoms with Crippen molar-refractivity contribution >= 4 is 34.9 Å². The van der Waals surface area contributed by atoms with Gasteiger partial charge in [-0.25, -0.2) is 9.18 Å². The van der Waals surface area contributed by atoms with E-state index in [1.54, 1.807) is 0 Å². The smallest absolute Gasteiger partial charge is 0.343 e. The average molecular weight is 397 g/mol. The Kier molecular flexibility index (Phi) is 6.30. The molecule has 0 fully saturated rings. The van der Waals surface area contributed by atoms with Gasteiger partial charge in [-0.2, -0.15) is 0 Å². The first kappa shape index (κ1) is 20.1. The number of nitro groups is 1. The molecule has 142 valence electrons. The van der Waals surface area contributed by atoms with Crippen LogP contribution in [-0.2, 0) is 9.53 Å². The Morgan fingerprint density at radius 1 is 1.30 bits per heavy atom. The lowest BCUT2D eigenvalue weighted by Crippen LogP contribution is -2.30. The van der Waals surface area contributed by atoms with E-state index in [1.807, 2.05) is 0 Å². The highest BCUT2D eigenvalue weighted by molar-refractivity contribution is 6.33. The monoisotopic (exact) mass is 396 g/mol. The molecule has 0 bridgehead atoms. The number of non-ortho nitro benzene ring substituents is 1. The summed E-state index contributed by atoms with van der Waals surface area (Å²) in [5.74, 6) is -2.68. The van der Waals surface area contributed by atoms with Crippen molar-refractivity contribution in [1.29, 1.82) is 0 Å². The summed E-state index contributed by atoms with van der Waals surface area (Å²) in [6, 6.07) is 7.25. The maximum Gasteiger partial charge on any atom is 0.343 e. The molecule has 27 heavy (non-hydrogen) atoms. The minimum absolute atomic E-state index is 0.0493. The van der Waals surface area contributed by atoms with Gasteiger partial charge in [-0.1, -0.05) is 17.7 Å². The highest BCUT2D eigenvalue weighted by atomic mass is 35.5. The van der Waals surface area contributed by atoms with Gasteiger partial charge in [0, 0.05) is 6.07 Å². The maximum absolute atomic E-state index is 13.7. The molecular formula is C17H14ClFN2O6. The fourth-order valence-corrected chi connectivity index (χ4v) is 2.34. The zero-order chi connectivity index (χ0) is 20.1. The van der Waals surface area contributed by atoms with E-state index in [9.17, 15) is 24.1 Å². The van der Waals surface area contributed by atoms with Crippen molar-refractivity contribution in [3.8, 4) is 5.75 Å². The van der Waals surface area contributed by atoms with E-state index in [-0.39, 0.29) is 22.1 Å². The number of hydrogen-bond acceptors (Lipinski definition) is 6. The number of hydrogen-bond donors (Lipinski definition) is 1. The van der Waals surface area contributed by atoms with E-state index >= 15 is 0 Å². The first-order valence-electron chi connectivity index (χ1n) is 7.53. The number of carbonyl (C=O) groups is 2. The summed E-state index contributed by atoms with van der Waals surface area (Å²) in [5.41, 5.74) is -0.565. The average Bonchev–Trinajstić information content (AvgIpc) is 2.61. The second kappa shape index (κ2) is 8.45. The summed E-state index contributed by atoms with van der Waals surface area (Å²) in [6.45, 7) is 1.28. The van der Waals surface area contributed by atoms with Crippen LogP contribution in [0.1, 0.15) is 17.3 Å². The Morgan fingerprint density at radius 3 is 2.59 bits per heavy atom. The van der Waals surface area contributed by atoms with Gasteiger partial charge in [0.05, 0.1) is 28.8 Å². The van der Waals surface area contributed by atoms with Crippen molar-refractivity contribution in [2.75, 3.05) is 12.4 Å². The lowest BCUT2D eigenvalue weighted by atomic mass is 10.2. The number of carbonyl (C=O) groups excluding carboxylic acids is 2. The molecule has 10 heteroatoms. The first-order chi connectivity index (χ1) is 12.7. The Balaban J connectivity index is 2.12. The summed E-state index contributed by atoms with van der Waals surface area (Å²) >= 11 is 5.78. The molecule has 2 aromatic carbocycles. The van der Waals surface area contributed by atoms with Crippen LogP contribution < -0.4 is 10.1 Å². The van der Waals surface area contributed by atoms with E-state index < -0.39 is 34.3 Å². The molecule has 2 rings (SSSR count). The molecule has 1 amide bonds. The van der Waals surface area contributed by atoms with Crippen molar-refractivity contribution in [3.05, 3.63) is 62.9 Å². The molecule has 0 aromatic heterocycles.